The molecule has 102 valence electrons. The first kappa shape index (κ1) is 13.3. The van der Waals surface area contributed by atoms with Crippen LogP contribution in [0.25, 0.3) is 0 Å². The fraction of sp³-hybridized carbons (Fsp3) is 0.846. The van der Waals surface area contributed by atoms with Gasteiger partial charge in [-0.2, -0.15) is 0 Å². The van der Waals surface area contributed by atoms with Crippen molar-refractivity contribution in [3.05, 3.63) is 0 Å². The molecule has 2 amide bonds. The number of piperidine rings is 1. The average molecular weight is 253 g/mol. The molecule has 1 heterocycles. The molecule has 2 fully saturated rings. The maximum absolute atomic E-state index is 12.2. The predicted octanol–water partition coefficient (Wildman–Crippen LogP) is 0.208. The summed E-state index contributed by atoms with van der Waals surface area (Å²) in [5.74, 6) is 0.129. The quantitative estimate of drug-likeness (QED) is 0.762. The first-order chi connectivity index (χ1) is 8.61. The summed E-state index contributed by atoms with van der Waals surface area (Å²) in [6, 6.07) is 0.471. The van der Waals surface area contributed by atoms with Gasteiger partial charge in [0.05, 0.1) is 12.6 Å². The van der Waals surface area contributed by atoms with Crippen LogP contribution < -0.4 is 5.32 Å². The molecule has 1 atom stereocenters. The Kier molecular flexibility index (Phi) is 4.22. The van der Waals surface area contributed by atoms with Crippen molar-refractivity contribution in [3.8, 4) is 0 Å². The second kappa shape index (κ2) is 5.69. The molecule has 0 bridgehead atoms. The monoisotopic (exact) mass is 253 g/mol. The van der Waals surface area contributed by atoms with Crippen LogP contribution in [-0.4, -0.2) is 60.4 Å². The highest BCUT2D eigenvalue weighted by molar-refractivity contribution is 5.88. The lowest BCUT2D eigenvalue weighted by molar-refractivity contribution is -0.142. The lowest BCUT2D eigenvalue weighted by Gasteiger charge is -2.33. The summed E-state index contributed by atoms with van der Waals surface area (Å²) in [5.41, 5.74) is 0. The topological polar surface area (TPSA) is 52.7 Å². The fourth-order valence-corrected chi connectivity index (χ4v) is 2.25. The van der Waals surface area contributed by atoms with Gasteiger partial charge in [0, 0.05) is 26.2 Å². The first-order valence-electron chi connectivity index (χ1n) is 6.90. The predicted molar refractivity (Wildman–Crippen MR) is 69.1 cm³/mol. The summed E-state index contributed by atoms with van der Waals surface area (Å²) in [7, 11) is 1.77. The van der Waals surface area contributed by atoms with Gasteiger partial charge in [0.2, 0.25) is 11.8 Å². The van der Waals surface area contributed by atoms with Crippen molar-refractivity contribution in [2.75, 3.05) is 26.7 Å². The summed E-state index contributed by atoms with van der Waals surface area (Å²) < 4.78 is 0. The van der Waals surface area contributed by atoms with Crippen molar-refractivity contribution >= 4 is 11.8 Å². The molecule has 0 aromatic carbocycles. The minimum Gasteiger partial charge on any atom is -0.345 e. The van der Waals surface area contributed by atoms with E-state index < -0.39 is 0 Å². The molecule has 1 saturated carbocycles. The second-order valence-electron chi connectivity index (χ2n) is 5.30. The summed E-state index contributed by atoms with van der Waals surface area (Å²) in [4.78, 5) is 27.4. The van der Waals surface area contributed by atoms with Crippen LogP contribution in [0.4, 0.5) is 0 Å². The molecule has 0 radical (unpaired) electrons. The van der Waals surface area contributed by atoms with E-state index in [4.69, 9.17) is 0 Å². The second-order valence-corrected chi connectivity index (χ2v) is 5.30. The Labute approximate surface area is 108 Å². The Bertz CT molecular complexity index is 328. The number of nitrogens with zero attached hydrogens (tertiary/aromatic N) is 2. The number of hydrogen-bond donors (Lipinski definition) is 1. The molecular formula is C13H23N3O2. The molecule has 1 saturated heterocycles. The number of carbonyl (C=O) groups excluding carboxylic acids is 2. The number of likely N-dealkylation sites (N-methyl/N-ethyl adjacent to an activating group) is 1. The van der Waals surface area contributed by atoms with Gasteiger partial charge >= 0.3 is 0 Å². The summed E-state index contributed by atoms with van der Waals surface area (Å²) >= 11 is 0. The number of hydrogen-bond acceptors (Lipinski definition) is 3. The molecule has 2 aliphatic rings. The van der Waals surface area contributed by atoms with Gasteiger partial charge in [-0.25, -0.2) is 0 Å². The van der Waals surface area contributed by atoms with Crippen molar-refractivity contribution < 1.29 is 9.59 Å². The van der Waals surface area contributed by atoms with Gasteiger partial charge in [-0.15, -0.1) is 0 Å². The van der Waals surface area contributed by atoms with Crippen LogP contribution in [-0.2, 0) is 9.59 Å². The standard InChI is InChI=1S/C13H23N3O2/c1-3-15(2)12(17)9-16-8-4-5-11(13(16)18)14-10-6-7-10/h10-11,14H,3-9H2,1-2H3. The van der Waals surface area contributed by atoms with E-state index in [9.17, 15) is 9.59 Å². The number of likely N-dealkylation sites (tertiary alicyclic amines) is 1. The average Bonchev–Trinajstić information content (AvgIpc) is 3.17. The van der Waals surface area contributed by atoms with E-state index in [1.807, 2.05) is 6.92 Å². The lowest BCUT2D eigenvalue weighted by atomic mass is 10.0. The summed E-state index contributed by atoms with van der Waals surface area (Å²) in [5, 5.41) is 3.37. The molecule has 18 heavy (non-hydrogen) atoms. The molecule has 0 aromatic heterocycles. The highest BCUT2D eigenvalue weighted by atomic mass is 16.2. The number of rotatable bonds is 5. The Morgan fingerprint density at radius 3 is 2.78 bits per heavy atom. The van der Waals surface area contributed by atoms with E-state index in [1.54, 1.807) is 16.8 Å². The van der Waals surface area contributed by atoms with Gasteiger partial charge in [0.1, 0.15) is 0 Å². The zero-order chi connectivity index (χ0) is 13.1. The van der Waals surface area contributed by atoms with E-state index in [0.29, 0.717) is 19.1 Å². The molecule has 1 N–H and O–H groups in total. The van der Waals surface area contributed by atoms with Crippen molar-refractivity contribution in [2.24, 2.45) is 0 Å². The lowest BCUT2D eigenvalue weighted by Crippen LogP contribution is -2.53. The number of nitrogens with one attached hydrogen (secondary N) is 1. The summed E-state index contributed by atoms with van der Waals surface area (Å²) in [6.07, 6.45) is 4.26. The molecule has 1 aliphatic heterocycles. The zero-order valence-corrected chi connectivity index (χ0v) is 11.3. The SMILES string of the molecule is CCN(C)C(=O)CN1CCCC(NC2CC2)C1=O. The van der Waals surface area contributed by atoms with Gasteiger partial charge in [0.15, 0.2) is 0 Å². The van der Waals surface area contributed by atoms with Crippen molar-refractivity contribution in [3.63, 3.8) is 0 Å². The normalized spacial score (nSPS) is 24.2. The van der Waals surface area contributed by atoms with E-state index >= 15 is 0 Å². The molecule has 5 nitrogen and oxygen atoms in total. The maximum atomic E-state index is 12.2. The number of carbonyl (C=O) groups is 2. The van der Waals surface area contributed by atoms with Gasteiger partial charge < -0.3 is 15.1 Å². The molecule has 1 unspecified atom stereocenters. The molecule has 2 rings (SSSR count). The Hall–Kier alpha value is -1.10. The minimum atomic E-state index is -0.0639. The van der Waals surface area contributed by atoms with Crippen LogP contribution in [0, 0.1) is 0 Å². The Balaban J connectivity index is 1.87. The van der Waals surface area contributed by atoms with Crippen LogP contribution in [0.5, 0.6) is 0 Å². The van der Waals surface area contributed by atoms with Crippen LogP contribution in [0.15, 0.2) is 0 Å². The summed E-state index contributed by atoms with van der Waals surface area (Å²) in [6.45, 7) is 3.56. The van der Waals surface area contributed by atoms with Crippen LogP contribution >= 0.6 is 0 Å². The fourth-order valence-electron chi connectivity index (χ4n) is 2.25. The zero-order valence-electron chi connectivity index (χ0n) is 11.3. The Morgan fingerprint density at radius 2 is 2.17 bits per heavy atom. The molecule has 1 aliphatic carbocycles. The van der Waals surface area contributed by atoms with E-state index in [1.165, 1.54) is 12.8 Å². The molecule has 5 heteroatoms. The van der Waals surface area contributed by atoms with E-state index in [0.717, 1.165) is 12.8 Å². The molecule has 0 spiro atoms. The first-order valence-corrected chi connectivity index (χ1v) is 6.90. The van der Waals surface area contributed by atoms with Gasteiger partial charge in [-0.3, -0.25) is 9.59 Å². The third-order valence-corrected chi connectivity index (χ3v) is 3.77. The number of amides is 2. The highest BCUT2D eigenvalue weighted by Gasteiger charge is 2.34. The van der Waals surface area contributed by atoms with Gasteiger partial charge in [-0.05, 0) is 32.6 Å². The van der Waals surface area contributed by atoms with Crippen LogP contribution in [0.2, 0.25) is 0 Å². The van der Waals surface area contributed by atoms with Gasteiger partial charge in [-0.1, -0.05) is 0 Å². The Morgan fingerprint density at radius 1 is 1.44 bits per heavy atom. The van der Waals surface area contributed by atoms with E-state index in [-0.39, 0.29) is 24.4 Å². The van der Waals surface area contributed by atoms with Crippen molar-refractivity contribution in [1.29, 1.82) is 0 Å². The largest absolute Gasteiger partial charge is 0.345 e. The highest BCUT2D eigenvalue weighted by Crippen LogP contribution is 2.22. The van der Waals surface area contributed by atoms with E-state index in [2.05, 4.69) is 5.32 Å². The van der Waals surface area contributed by atoms with Crippen LogP contribution in [0.3, 0.4) is 0 Å². The van der Waals surface area contributed by atoms with Gasteiger partial charge in [0.25, 0.3) is 0 Å². The maximum Gasteiger partial charge on any atom is 0.241 e. The van der Waals surface area contributed by atoms with Crippen molar-refractivity contribution in [1.82, 2.24) is 15.1 Å². The molecule has 0 aromatic rings. The third-order valence-electron chi connectivity index (χ3n) is 3.77. The van der Waals surface area contributed by atoms with Crippen molar-refractivity contribution in [2.45, 2.75) is 44.7 Å². The molecular weight excluding hydrogens is 230 g/mol. The minimum absolute atomic E-state index is 0.0259. The van der Waals surface area contributed by atoms with Crippen LogP contribution in [0.1, 0.15) is 32.6 Å². The third kappa shape index (κ3) is 3.22. The smallest absolute Gasteiger partial charge is 0.241 e.